The Bertz CT molecular complexity index is 1680. The first-order valence-corrected chi connectivity index (χ1v) is 36.7. The standard InChI is InChI=1S/C65H126O17P2/c1-9-58(8)44-36-28-19-14-16-20-29-37-45-62(67)75-51-60(82-65(70)48-40-32-22-15-13-18-26-34-42-56(4)5)53-79-83(71,72)77-49-59(66)50-78-84(73,74)80-54-61(52-76-63(68)46-38-30-24-23-27-35-43-57(6)7)81-64(69)47-39-31-21-12-10-11-17-25-33-41-55(2)3/h55-61,66H,9-54H2,1-8H3,(H,71,72)(H,73,74)/t58?,59-,60-,61-/m1/s1. The number of rotatable bonds is 62. The smallest absolute Gasteiger partial charge is 0.462 e. The van der Waals surface area contributed by atoms with E-state index in [1.807, 2.05) is 0 Å². The first-order valence-electron chi connectivity index (χ1n) is 33.7. The Kier molecular flexibility index (Phi) is 53.9. The summed E-state index contributed by atoms with van der Waals surface area (Å²) < 4.78 is 68.0. The van der Waals surface area contributed by atoms with E-state index in [1.54, 1.807) is 0 Å². The molecular weight excluding hydrogens is 1110 g/mol. The van der Waals surface area contributed by atoms with Gasteiger partial charge < -0.3 is 33.8 Å². The summed E-state index contributed by atoms with van der Waals surface area (Å²) in [6.07, 6.45) is 35.0. The molecule has 3 N–H and O–H groups in total. The van der Waals surface area contributed by atoms with Gasteiger partial charge >= 0.3 is 39.5 Å². The molecule has 6 atom stereocenters. The molecule has 0 spiro atoms. The van der Waals surface area contributed by atoms with Crippen LogP contribution in [0.2, 0.25) is 0 Å². The van der Waals surface area contributed by atoms with Crippen LogP contribution in [0.25, 0.3) is 0 Å². The van der Waals surface area contributed by atoms with E-state index < -0.39 is 97.5 Å². The average Bonchev–Trinajstić information content (AvgIpc) is 3.45. The second kappa shape index (κ2) is 55.2. The largest absolute Gasteiger partial charge is 0.472 e. The SMILES string of the molecule is CCC(C)CCCCCCCCCCC(=O)OC[C@H](COP(=O)(O)OC[C@@H](O)COP(=O)(O)OC[C@@H](COC(=O)CCCCCCCCC(C)C)OC(=O)CCCCCCCCCCCC(C)C)OC(=O)CCCCCCCCCCC(C)C. The van der Waals surface area contributed by atoms with Crippen molar-refractivity contribution in [3.05, 3.63) is 0 Å². The number of carbonyl (C=O) groups is 4. The summed E-state index contributed by atoms with van der Waals surface area (Å²) in [7, 11) is -9.89. The molecule has 0 aromatic carbocycles. The highest BCUT2D eigenvalue weighted by molar-refractivity contribution is 7.47. The number of hydrogen-bond acceptors (Lipinski definition) is 15. The number of carbonyl (C=O) groups excluding carboxylic acids is 4. The average molecular weight is 1240 g/mol. The van der Waals surface area contributed by atoms with Crippen LogP contribution in [-0.2, 0) is 65.4 Å². The van der Waals surface area contributed by atoms with Crippen LogP contribution in [0.3, 0.4) is 0 Å². The zero-order valence-electron chi connectivity index (χ0n) is 54.5. The molecule has 0 bridgehead atoms. The quantitative estimate of drug-likeness (QED) is 0.0222. The van der Waals surface area contributed by atoms with Crippen molar-refractivity contribution >= 4 is 39.5 Å². The fraction of sp³-hybridized carbons (Fsp3) is 0.938. The number of hydrogen-bond donors (Lipinski definition) is 3. The van der Waals surface area contributed by atoms with Gasteiger partial charge in [0.25, 0.3) is 0 Å². The molecule has 0 saturated carbocycles. The van der Waals surface area contributed by atoms with Crippen molar-refractivity contribution in [1.29, 1.82) is 0 Å². The maximum absolute atomic E-state index is 13.0. The second-order valence-corrected chi connectivity index (χ2v) is 28.1. The lowest BCUT2D eigenvalue weighted by molar-refractivity contribution is -0.161. The predicted molar refractivity (Wildman–Crippen MR) is 335 cm³/mol. The molecule has 498 valence electrons. The van der Waals surface area contributed by atoms with E-state index in [9.17, 15) is 43.2 Å². The van der Waals surface area contributed by atoms with E-state index in [0.29, 0.717) is 31.6 Å². The molecule has 0 aromatic heterocycles. The zero-order chi connectivity index (χ0) is 62.5. The van der Waals surface area contributed by atoms with Crippen molar-refractivity contribution in [2.45, 2.75) is 331 Å². The van der Waals surface area contributed by atoms with E-state index in [1.165, 1.54) is 109 Å². The maximum Gasteiger partial charge on any atom is 0.472 e. The highest BCUT2D eigenvalue weighted by Crippen LogP contribution is 2.45. The Morgan fingerprint density at radius 3 is 0.845 bits per heavy atom. The fourth-order valence-electron chi connectivity index (χ4n) is 9.57. The van der Waals surface area contributed by atoms with Crippen LogP contribution < -0.4 is 0 Å². The van der Waals surface area contributed by atoms with Crippen LogP contribution in [0.15, 0.2) is 0 Å². The van der Waals surface area contributed by atoms with E-state index in [2.05, 4.69) is 55.4 Å². The molecule has 0 aliphatic heterocycles. The van der Waals surface area contributed by atoms with E-state index in [-0.39, 0.29) is 25.7 Å². The maximum atomic E-state index is 13.0. The van der Waals surface area contributed by atoms with Gasteiger partial charge in [0.05, 0.1) is 26.4 Å². The fourth-order valence-corrected chi connectivity index (χ4v) is 11.2. The van der Waals surface area contributed by atoms with Gasteiger partial charge in [0.2, 0.25) is 0 Å². The molecule has 0 aliphatic rings. The van der Waals surface area contributed by atoms with Crippen molar-refractivity contribution in [2.75, 3.05) is 39.6 Å². The molecule has 0 saturated heterocycles. The minimum absolute atomic E-state index is 0.103. The minimum Gasteiger partial charge on any atom is -0.462 e. The summed E-state index contributed by atoms with van der Waals surface area (Å²) in [5.74, 6) is 0.771. The van der Waals surface area contributed by atoms with Crippen LogP contribution in [0, 0.1) is 23.7 Å². The highest BCUT2D eigenvalue weighted by Gasteiger charge is 2.30. The molecule has 0 heterocycles. The predicted octanol–water partition coefficient (Wildman–Crippen LogP) is 17.8. The third-order valence-electron chi connectivity index (χ3n) is 15.2. The second-order valence-electron chi connectivity index (χ2n) is 25.2. The third-order valence-corrected chi connectivity index (χ3v) is 17.1. The Balaban J connectivity index is 5.26. The molecule has 0 fully saturated rings. The summed E-state index contributed by atoms with van der Waals surface area (Å²) in [5.41, 5.74) is 0. The Morgan fingerprint density at radius 1 is 0.333 bits per heavy atom. The molecule has 0 aliphatic carbocycles. The van der Waals surface area contributed by atoms with Gasteiger partial charge in [-0.05, 0) is 49.4 Å². The molecule has 0 amide bonds. The summed E-state index contributed by atoms with van der Waals surface area (Å²) in [6.45, 7) is 14.0. The van der Waals surface area contributed by atoms with Crippen LogP contribution in [0.1, 0.15) is 312 Å². The van der Waals surface area contributed by atoms with E-state index in [4.69, 9.17) is 37.0 Å². The number of unbranched alkanes of at least 4 members (excludes halogenated alkanes) is 27. The van der Waals surface area contributed by atoms with Crippen molar-refractivity contribution in [2.24, 2.45) is 23.7 Å². The zero-order valence-corrected chi connectivity index (χ0v) is 56.3. The van der Waals surface area contributed by atoms with Crippen LogP contribution >= 0.6 is 15.6 Å². The van der Waals surface area contributed by atoms with Crippen LogP contribution in [0.5, 0.6) is 0 Å². The number of aliphatic hydroxyl groups excluding tert-OH is 1. The lowest BCUT2D eigenvalue weighted by Gasteiger charge is -2.21. The molecule has 19 heteroatoms. The topological polar surface area (TPSA) is 237 Å². The number of phosphoric acid groups is 2. The number of esters is 4. The summed E-state index contributed by atoms with van der Waals surface area (Å²) in [4.78, 5) is 72.2. The van der Waals surface area contributed by atoms with Gasteiger partial charge in [-0.15, -0.1) is 0 Å². The van der Waals surface area contributed by atoms with Gasteiger partial charge in [0.1, 0.15) is 19.3 Å². The van der Waals surface area contributed by atoms with Crippen molar-refractivity contribution in [3.63, 3.8) is 0 Å². The van der Waals surface area contributed by atoms with Crippen LogP contribution in [-0.4, -0.2) is 96.7 Å². The van der Waals surface area contributed by atoms with Gasteiger partial charge in [0.15, 0.2) is 12.2 Å². The molecule has 0 rings (SSSR count). The van der Waals surface area contributed by atoms with Gasteiger partial charge in [0, 0.05) is 25.7 Å². The first-order chi connectivity index (χ1) is 40.1. The van der Waals surface area contributed by atoms with Gasteiger partial charge in [-0.3, -0.25) is 37.3 Å². The Hall–Kier alpha value is -1.94. The lowest BCUT2D eigenvalue weighted by Crippen LogP contribution is -2.30. The van der Waals surface area contributed by atoms with Crippen molar-refractivity contribution in [1.82, 2.24) is 0 Å². The van der Waals surface area contributed by atoms with Gasteiger partial charge in [-0.25, -0.2) is 9.13 Å². The Morgan fingerprint density at radius 2 is 0.571 bits per heavy atom. The normalized spacial score (nSPS) is 14.7. The summed E-state index contributed by atoms with van der Waals surface area (Å²) >= 11 is 0. The third kappa shape index (κ3) is 57.8. The lowest BCUT2D eigenvalue weighted by atomic mass is 9.99. The van der Waals surface area contributed by atoms with Gasteiger partial charge in [-0.2, -0.15) is 0 Å². The first kappa shape index (κ1) is 82.1. The molecule has 0 aromatic rings. The molecule has 84 heavy (non-hydrogen) atoms. The van der Waals surface area contributed by atoms with E-state index >= 15 is 0 Å². The molecule has 0 radical (unpaired) electrons. The minimum atomic E-state index is -4.95. The highest BCUT2D eigenvalue weighted by atomic mass is 31.2. The van der Waals surface area contributed by atoms with Crippen LogP contribution in [0.4, 0.5) is 0 Å². The number of phosphoric ester groups is 2. The molecule has 3 unspecified atom stereocenters. The molecular formula is C65H126O17P2. The number of aliphatic hydroxyl groups is 1. The number of ether oxygens (including phenoxy) is 4. The monoisotopic (exact) mass is 1240 g/mol. The summed E-state index contributed by atoms with van der Waals surface area (Å²) in [6, 6.07) is 0. The summed E-state index contributed by atoms with van der Waals surface area (Å²) in [5, 5.41) is 10.5. The van der Waals surface area contributed by atoms with Crippen molar-refractivity contribution < 1.29 is 80.2 Å². The van der Waals surface area contributed by atoms with Gasteiger partial charge in [-0.1, -0.05) is 261 Å². The Labute approximate surface area is 511 Å². The molecule has 17 nitrogen and oxygen atoms in total. The van der Waals surface area contributed by atoms with E-state index in [0.717, 1.165) is 114 Å². The van der Waals surface area contributed by atoms with Crippen molar-refractivity contribution in [3.8, 4) is 0 Å².